The van der Waals surface area contributed by atoms with Crippen molar-refractivity contribution in [2.75, 3.05) is 18.4 Å². The van der Waals surface area contributed by atoms with Crippen LogP contribution in [0.25, 0.3) is 0 Å². The van der Waals surface area contributed by atoms with Crippen LogP contribution < -0.4 is 5.32 Å². The molecule has 0 bridgehead atoms. The molecule has 0 aliphatic heterocycles. The molecule has 0 radical (unpaired) electrons. The first-order valence-electron chi connectivity index (χ1n) is 8.58. The second-order valence-corrected chi connectivity index (χ2v) is 8.17. The number of aryl methyl sites for hydroxylation is 1. The number of amides is 1. The summed E-state index contributed by atoms with van der Waals surface area (Å²) in [5.74, 6) is -0.571. The van der Waals surface area contributed by atoms with Crippen molar-refractivity contribution in [3.8, 4) is 0 Å². The van der Waals surface area contributed by atoms with Crippen LogP contribution in [0.4, 0.5) is 18.9 Å². The molecule has 28 heavy (non-hydrogen) atoms. The minimum absolute atomic E-state index is 0.000228. The molecule has 0 saturated heterocycles. The summed E-state index contributed by atoms with van der Waals surface area (Å²) < 4.78 is 65.3. The highest BCUT2D eigenvalue weighted by atomic mass is 32.2. The fraction of sp³-hybridized carbons (Fsp3) is 0.316. The van der Waals surface area contributed by atoms with Gasteiger partial charge in [0.05, 0.1) is 17.0 Å². The van der Waals surface area contributed by atoms with Crippen LogP contribution in [-0.2, 0) is 21.0 Å². The van der Waals surface area contributed by atoms with Crippen molar-refractivity contribution in [3.63, 3.8) is 0 Å². The summed E-state index contributed by atoms with van der Waals surface area (Å²) in [6.45, 7) is 3.01. The molecule has 0 atom stereocenters. The van der Waals surface area contributed by atoms with Crippen molar-refractivity contribution in [2.45, 2.75) is 31.3 Å². The average Bonchev–Trinajstić information content (AvgIpc) is 2.62. The SMILES string of the molecule is CCCN(CC(=O)Nc1ccccc1C)S(=O)(=O)c1cccc(C(F)(F)F)c1. The molecule has 152 valence electrons. The lowest BCUT2D eigenvalue weighted by Crippen LogP contribution is -2.38. The number of anilines is 1. The number of hydrogen-bond donors (Lipinski definition) is 1. The van der Waals surface area contributed by atoms with Gasteiger partial charge >= 0.3 is 6.18 Å². The minimum atomic E-state index is -4.66. The molecule has 0 aliphatic rings. The van der Waals surface area contributed by atoms with E-state index in [0.29, 0.717) is 18.2 Å². The van der Waals surface area contributed by atoms with Gasteiger partial charge in [-0.1, -0.05) is 31.2 Å². The normalized spacial score (nSPS) is 12.2. The third-order valence-electron chi connectivity index (χ3n) is 4.01. The van der Waals surface area contributed by atoms with Gasteiger partial charge in [0.2, 0.25) is 15.9 Å². The van der Waals surface area contributed by atoms with Gasteiger partial charge in [0.25, 0.3) is 0 Å². The van der Waals surface area contributed by atoms with Gasteiger partial charge in [0, 0.05) is 12.2 Å². The van der Waals surface area contributed by atoms with E-state index in [-0.39, 0.29) is 6.54 Å². The van der Waals surface area contributed by atoms with Crippen LogP contribution in [0.1, 0.15) is 24.5 Å². The van der Waals surface area contributed by atoms with E-state index in [4.69, 9.17) is 0 Å². The number of sulfonamides is 1. The summed E-state index contributed by atoms with van der Waals surface area (Å²) in [6.07, 6.45) is -4.26. The fourth-order valence-corrected chi connectivity index (χ4v) is 4.11. The smallest absolute Gasteiger partial charge is 0.325 e. The number of nitrogens with one attached hydrogen (secondary N) is 1. The maximum Gasteiger partial charge on any atom is 0.416 e. The van der Waals surface area contributed by atoms with Crippen LogP contribution in [0.15, 0.2) is 53.4 Å². The average molecular weight is 414 g/mol. The second-order valence-electron chi connectivity index (χ2n) is 6.23. The largest absolute Gasteiger partial charge is 0.416 e. The number of alkyl halides is 3. The van der Waals surface area contributed by atoms with Gasteiger partial charge < -0.3 is 5.32 Å². The third-order valence-corrected chi connectivity index (χ3v) is 5.85. The Morgan fingerprint density at radius 3 is 2.39 bits per heavy atom. The summed E-state index contributed by atoms with van der Waals surface area (Å²) >= 11 is 0. The summed E-state index contributed by atoms with van der Waals surface area (Å²) in [7, 11) is -4.27. The monoisotopic (exact) mass is 414 g/mol. The molecule has 0 spiro atoms. The minimum Gasteiger partial charge on any atom is -0.325 e. The molecule has 0 unspecified atom stereocenters. The van der Waals surface area contributed by atoms with Crippen LogP contribution in [-0.4, -0.2) is 31.7 Å². The lowest BCUT2D eigenvalue weighted by atomic mass is 10.2. The van der Waals surface area contributed by atoms with Crippen molar-refractivity contribution >= 4 is 21.6 Å². The Bertz CT molecular complexity index is 943. The molecule has 9 heteroatoms. The van der Waals surface area contributed by atoms with Crippen molar-refractivity contribution in [1.29, 1.82) is 0 Å². The fourth-order valence-electron chi connectivity index (χ4n) is 2.58. The number of para-hydroxylation sites is 1. The summed E-state index contributed by atoms with van der Waals surface area (Å²) in [5.41, 5.74) is 0.286. The Kier molecular flexibility index (Phi) is 6.84. The van der Waals surface area contributed by atoms with Gasteiger partial charge in [-0.2, -0.15) is 17.5 Å². The molecule has 0 aliphatic carbocycles. The molecule has 0 heterocycles. The zero-order valence-electron chi connectivity index (χ0n) is 15.5. The van der Waals surface area contributed by atoms with E-state index in [9.17, 15) is 26.4 Å². The Balaban J connectivity index is 2.27. The Morgan fingerprint density at radius 1 is 1.11 bits per heavy atom. The topological polar surface area (TPSA) is 66.5 Å². The summed E-state index contributed by atoms with van der Waals surface area (Å²) in [5, 5.41) is 2.63. The summed E-state index contributed by atoms with van der Waals surface area (Å²) in [4.78, 5) is 11.9. The Hall–Kier alpha value is -2.39. The quantitative estimate of drug-likeness (QED) is 0.743. The number of carbonyl (C=O) groups is 1. The lowest BCUT2D eigenvalue weighted by Gasteiger charge is -2.22. The Morgan fingerprint density at radius 2 is 1.79 bits per heavy atom. The van der Waals surface area contributed by atoms with E-state index in [1.807, 2.05) is 0 Å². The number of carbonyl (C=O) groups excluding carboxylic acids is 1. The molecule has 0 aromatic heterocycles. The number of rotatable bonds is 7. The van der Waals surface area contributed by atoms with E-state index < -0.39 is 39.1 Å². The molecule has 1 amide bonds. The molecule has 2 aromatic carbocycles. The highest BCUT2D eigenvalue weighted by Gasteiger charge is 2.33. The molecular formula is C19H21F3N2O3S. The first kappa shape index (κ1) is 21.9. The molecule has 2 rings (SSSR count). The maximum atomic E-state index is 12.9. The molecule has 0 saturated carbocycles. The van der Waals surface area contributed by atoms with E-state index in [1.54, 1.807) is 38.1 Å². The maximum absolute atomic E-state index is 12.9. The Labute approximate surface area is 162 Å². The molecular weight excluding hydrogens is 393 g/mol. The van der Waals surface area contributed by atoms with E-state index in [2.05, 4.69) is 5.32 Å². The van der Waals surface area contributed by atoms with Crippen LogP contribution in [0.2, 0.25) is 0 Å². The number of benzene rings is 2. The van der Waals surface area contributed by atoms with Crippen molar-refractivity contribution in [3.05, 3.63) is 59.7 Å². The predicted molar refractivity (Wildman–Crippen MR) is 100 cm³/mol. The molecule has 1 N–H and O–H groups in total. The number of nitrogens with zero attached hydrogens (tertiary/aromatic N) is 1. The zero-order valence-corrected chi connectivity index (χ0v) is 16.3. The van der Waals surface area contributed by atoms with E-state index >= 15 is 0 Å². The highest BCUT2D eigenvalue weighted by Crippen LogP contribution is 2.31. The number of hydrogen-bond acceptors (Lipinski definition) is 3. The van der Waals surface area contributed by atoms with Crippen LogP contribution in [0.5, 0.6) is 0 Å². The third kappa shape index (κ3) is 5.32. The van der Waals surface area contributed by atoms with Crippen LogP contribution in [0, 0.1) is 6.92 Å². The predicted octanol–water partition coefficient (Wildman–Crippen LogP) is 4.05. The zero-order chi connectivity index (χ0) is 20.9. The van der Waals surface area contributed by atoms with Gasteiger partial charge in [0.1, 0.15) is 0 Å². The van der Waals surface area contributed by atoms with Crippen LogP contribution in [0.3, 0.4) is 0 Å². The highest BCUT2D eigenvalue weighted by molar-refractivity contribution is 7.89. The number of halogens is 3. The first-order chi connectivity index (χ1) is 13.1. The molecule has 0 fully saturated rings. The van der Waals surface area contributed by atoms with Crippen molar-refractivity contribution in [2.24, 2.45) is 0 Å². The first-order valence-corrected chi connectivity index (χ1v) is 10.0. The second kappa shape index (κ2) is 8.74. The van der Waals surface area contributed by atoms with Gasteiger partial charge in [-0.15, -0.1) is 0 Å². The van der Waals surface area contributed by atoms with Crippen molar-refractivity contribution in [1.82, 2.24) is 4.31 Å². The standard InChI is InChI=1S/C19H21F3N2O3S/c1-3-11-24(13-18(25)23-17-10-5-4-7-14(17)2)28(26,27)16-9-6-8-15(12-16)19(20,21)22/h4-10,12H,3,11,13H2,1-2H3,(H,23,25). The molecule has 5 nitrogen and oxygen atoms in total. The van der Waals surface area contributed by atoms with Gasteiger partial charge in [-0.25, -0.2) is 8.42 Å². The van der Waals surface area contributed by atoms with E-state index in [1.165, 1.54) is 0 Å². The van der Waals surface area contributed by atoms with Gasteiger partial charge in [-0.3, -0.25) is 4.79 Å². The van der Waals surface area contributed by atoms with E-state index in [0.717, 1.165) is 28.1 Å². The molecule has 2 aromatic rings. The summed E-state index contributed by atoms with van der Waals surface area (Å²) in [6, 6.07) is 10.5. The lowest BCUT2D eigenvalue weighted by molar-refractivity contribution is -0.137. The van der Waals surface area contributed by atoms with Crippen LogP contribution >= 0.6 is 0 Å². The van der Waals surface area contributed by atoms with Crippen molar-refractivity contribution < 1.29 is 26.4 Å². The van der Waals surface area contributed by atoms with Gasteiger partial charge in [0.15, 0.2) is 0 Å². The van der Waals surface area contributed by atoms with Gasteiger partial charge in [-0.05, 0) is 43.2 Å².